The standard InChI is InChI=1S/C10H9FOS/c11-8-3-1-2-7(6-8)10-9(12)4-5-13-10/h1-3,6,10H,4-5H2. The molecule has 1 aliphatic heterocycles. The molecule has 1 nitrogen and oxygen atoms in total. The first kappa shape index (κ1) is 8.75. The highest BCUT2D eigenvalue weighted by Crippen LogP contribution is 2.37. The number of carbonyl (C=O) groups is 1. The summed E-state index contributed by atoms with van der Waals surface area (Å²) < 4.78 is 12.8. The van der Waals surface area contributed by atoms with Gasteiger partial charge in [0, 0.05) is 12.2 Å². The van der Waals surface area contributed by atoms with E-state index in [1.807, 2.05) is 6.07 Å². The second-order valence-corrected chi connectivity index (χ2v) is 4.24. The highest BCUT2D eigenvalue weighted by atomic mass is 32.2. The van der Waals surface area contributed by atoms with Crippen molar-refractivity contribution >= 4 is 17.5 Å². The zero-order valence-electron chi connectivity index (χ0n) is 7.00. The van der Waals surface area contributed by atoms with Crippen LogP contribution in [0.2, 0.25) is 0 Å². The Morgan fingerprint density at radius 1 is 1.46 bits per heavy atom. The quantitative estimate of drug-likeness (QED) is 0.686. The van der Waals surface area contributed by atoms with E-state index in [4.69, 9.17) is 0 Å². The second kappa shape index (κ2) is 3.50. The average Bonchev–Trinajstić information content (AvgIpc) is 2.51. The molecule has 1 aromatic carbocycles. The topological polar surface area (TPSA) is 17.1 Å². The van der Waals surface area contributed by atoms with Crippen molar-refractivity contribution < 1.29 is 9.18 Å². The molecular weight excluding hydrogens is 187 g/mol. The van der Waals surface area contributed by atoms with Crippen molar-refractivity contribution in [1.29, 1.82) is 0 Å². The number of rotatable bonds is 1. The van der Waals surface area contributed by atoms with Gasteiger partial charge in [0.15, 0.2) is 5.78 Å². The van der Waals surface area contributed by atoms with Crippen LogP contribution in [0.25, 0.3) is 0 Å². The van der Waals surface area contributed by atoms with Gasteiger partial charge in [0.2, 0.25) is 0 Å². The van der Waals surface area contributed by atoms with E-state index in [9.17, 15) is 9.18 Å². The van der Waals surface area contributed by atoms with E-state index in [1.54, 1.807) is 17.8 Å². The fraction of sp³-hybridized carbons (Fsp3) is 0.300. The summed E-state index contributed by atoms with van der Waals surface area (Å²) >= 11 is 1.60. The summed E-state index contributed by atoms with van der Waals surface area (Å²) in [7, 11) is 0. The Morgan fingerprint density at radius 2 is 2.31 bits per heavy atom. The molecule has 1 unspecified atom stereocenters. The first-order valence-electron chi connectivity index (χ1n) is 4.17. The lowest BCUT2D eigenvalue weighted by Crippen LogP contribution is -2.01. The first-order valence-corrected chi connectivity index (χ1v) is 5.22. The maximum Gasteiger partial charge on any atom is 0.151 e. The third-order valence-corrected chi connectivity index (χ3v) is 3.39. The number of carbonyl (C=O) groups excluding carboxylic acids is 1. The van der Waals surface area contributed by atoms with Gasteiger partial charge in [-0.25, -0.2) is 4.39 Å². The van der Waals surface area contributed by atoms with Gasteiger partial charge >= 0.3 is 0 Å². The van der Waals surface area contributed by atoms with Crippen molar-refractivity contribution in [2.45, 2.75) is 11.7 Å². The molecule has 0 bridgehead atoms. The van der Waals surface area contributed by atoms with Gasteiger partial charge < -0.3 is 0 Å². The van der Waals surface area contributed by atoms with Gasteiger partial charge in [-0.3, -0.25) is 4.79 Å². The van der Waals surface area contributed by atoms with Crippen LogP contribution in [0, 0.1) is 5.82 Å². The Kier molecular flexibility index (Phi) is 2.36. The fourth-order valence-corrected chi connectivity index (χ4v) is 2.65. The molecule has 1 fully saturated rings. The van der Waals surface area contributed by atoms with Gasteiger partial charge in [-0.1, -0.05) is 12.1 Å². The number of thioether (sulfide) groups is 1. The molecule has 0 radical (unpaired) electrons. The van der Waals surface area contributed by atoms with Crippen LogP contribution in [0.4, 0.5) is 4.39 Å². The molecule has 2 rings (SSSR count). The first-order chi connectivity index (χ1) is 6.27. The molecule has 1 atom stereocenters. The largest absolute Gasteiger partial charge is 0.298 e. The molecule has 0 saturated carbocycles. The van der Waals surface area contributed by atoms with E-state index < -0.39 is 0 Å². The second-order valence-electron chi connectivity index (χ2n) is 3.02. The molecule has 1 heterocycles. The van der Waals surface area contributed by atoms with Crippen LogP contribution in [0.1, 0.15) is 17.2 Å². The van der Waals surface area contributed by atoms with Gasteiger partial charge in [-0.15, -0.1) is 11.8 Å². The summed E-state index contributed by atoms with van der Waals surface area (Å²) in [6.07, 6.45) is 0.617. The van der Waals surface area contributed by atoms with Gasteiger partial charge in [0.05, 0.1) is 5.25 Å². The highest BCUT2D eigenvalue weighted by molar-refractivity contribution is 8.00. The minimum absolute atomic E-state index is 0.129. The lowest BCUT2D eigenvalue weighted by molar-refractivity contribution is -0.117. The number of benzene rings is 1. The van der Waals surface area contributed by atoms with Gasteiger partial charge in [-0.2, -0.15) is 0 Å². The Hall–Kier alpha value is -0.830. The van der Waals surface area contributed by atoms with Crippen molar-refractivity contribution in [1.82, 2.24) is 0 Å². The summed E-state index contributed by atoms with van der Waals surface area (Å²) in [5.74, 6) is 0.813. The van der Waals surface area contributed by atoms with Crippen LogP contribution in [-0.4, -0.2) is 11.5 Å². The molecule has 68 valence electrons. The summed E-state index contributed by atoms with van der Waals surface area (Å²) in [5.41, 5.74) is 0.799. The van der Waals surface area contributed by atoms with Crippen LogP contribution < -0.4 is 0 Å². The summed E-state index contributed by atoms with van der Waals surface area (Å²) in [6, 6.07) is 6.30. The van der Waals surface area contributed by atoms with Crippen LogP contribution in [0.5, 0.6) is 0 Å². The van der Waals surface area contributed by atoms with Crippen LogP contribution in [0.3, 0.4) is 0 Å². The van der Waals surface area contributed by atoms with Crippen LogP contribution in [-0.2, 0) is 4.79 Å². The molecule has 1 saturated heterocycles. The molecule has 0 aliphatic carbocycles. The van der Waals surface area contributed by atoms with Crippen LogP contribution in [0.15, 0.2) is 24.3 Å². The Morgan fingerprint density at radius 3 is 2.92 bits per heavy atom. The molecule has 13 heavy (non-hydrogen) atoms. The minimum Gasteiger partial charge on any atom is -0.298 e. The number of halogens is 1. The highest BCUT2D eigenvalue weighted by Gasteiger charge is 2.26. The average molecular weight is 196 g/mol. The predicted octanol–water partition coefficient (Wildman–Crippen LogP) is 2.57. The number of hydrogen-bond acceptors (Lipinski definition) is 2. The molecule has 1 aromatic rings. The van der Waals surface area contributed by atoms with Gasteiger partial charge in [-0.05, 0) is 17.7 Å². The van der Waals surface area contributed by atoms with Crippen molar-refractivity contribution in [3.63, 3.8) is 0 Å². The predicted molar refractivity (Wildman–Crippen MR) is 51.2 cm³/mol. The molecule has 0 spiro atoms. The normalized spacial score (nSPS) is 22.2. The van der Waals surface area contributed by atoms with E-state index >= 15 is 0 Å². The molecule has 3 heteroatoms. The summed E-state index contributed by atoms with van der Waals surface area (Å²) in [5, 5.41) is -0.129. The minimum atomic E-state index is -0.266. The maximum atomic E-state index is 12.8. The van der Waals surface area contributed by atoms with Gasteiger partial charge in [0.1, 0.15) is 5.82 Å². The maximum absolute atomic E-state index is 12.8. The number of ketones is 1. The van der Waals surface area contributed by atoms with Crippen molar-refractivity contribution in [3.05, 3.63) is 35.6 Å². The summed E-state index contributed by atoms with van der Waals surface area (Å²) in [6.45, 7) is 0. The third kappa shape index (κ3) is 1.75. The smallest absolute Gasteiger partial charge is 0.151 e. The molecular formula is C10H9FOS. The number of Topliss-reactive ketones (excluding diaryl/α,β-unsaturated/α-hetero) is 1. The fourth-order valence-electron chi connectivity index (χ4n) is 1.45. The SMILES string of the molecule is O=C1CCSC1c1cccc(F)c1. The zero-order chi connectivity index (χ0) is 9.26. The van der Waals surface area contributed by atoms with Crippen LogP contribution >= 0.6 is 11.8 Å². The Balaban J connectivity index is 2.29. The molecule has 1 aliphatic rings. The zero-order valence-corrected chi connectivity index (χ0v) is 7.81. The summed E-state index contributed by atoms with van der Waals surface area (Å²) in [4.78, 5) is 11.3. The number of hydrogen-bond donors (Lipinski definition) is 0. The third-order valence-electron chi connectivity index (χ3n) is 2.08. The molecule has 0 N–H and O–H groups in total. The van der Waals surface area contributed by atoms with Crippen molar-refractivity contribution in [2.75, 3.05) is 5.75 Å². The lowest BCUT2D eigenvalue weighted by atomic mass is 10.1. The van der Waals surface area contributed by atoms with E-state index in [-0.39, 0.29) is 16.9 Å². The monoisotopic (exact) mass is 196 g/mol. The van der Waals surface area contributed by atoms with E-state index in [2.05, 4.69) is 0 Å². The van der Waals surface area contributed by atoms with Gasteiger partial charge in [0.25, 0.3) is 0 Å². The molecule has 0 amide bonds. The van der Waals surface area contributed by atoms with Crippen molar-refractivity contribution in [3.8, 4) is 0 Å². The van der Waals surface area contributed by atoms with E-state index in [0.29, 0.717) is 6.42 Å². The molecule has 0 aromatic heterocycles. The Labute approximate surface area is 80.3 Å². The van der Waals surface area contributed by atoms with Crippen molar-refractivity contribution in [2.24, 2.45) is 0 Å². The Bertz CT molecular complexity index is 337. The lowest BCUT2D eigenvalue weighted by Gasteiger charge is -2.06. The van der Waals surface area contributed by atoms with E-state index in [0.717, 1.165) is 11.3 Å². The van der Waals surface area contributed by atoms with E-state index in [1.165, 1.54) is 12.1 Å².